The Balaban J connectivity index is 2.18. The molecule has 3 nitrogen and oxygen atoms in total. The van der Waals surface area contributed by atoms with Crippen molar-refractivity contribution in [2.24, 2.45) is 0 Å². The summed E-state index contributed by atoms with van der Waals surface area (Å²) in [6, 6.07) is 5.17. The van der Waals surface area contributed by atoms with E-state index < -0.39 is 0 Å². The molecular weight excluding hydrogens is 271 g/mol. The maximum Gasteiger partial charge on any atom is 0.255 e. The topological polar surface area (TPSA) is 23.6 Å². The van der Waals surface area contributed by atoms with Crippen LogP contribution < -0.4 is 0 Å². The molecule has 0 N–H and O–H groups in total. The van der Waals surface area contributed by atoms with E-state index in [9.17, 15) is 4.79 Å². The Labute approximate surface area is 117 Å². The predicted octanol–water partition coefficient (Wildman–Crippen LogP) is 2.77. The number of nitrogens with zero attached hydrogens (tertiary/aromatic N) is 2. The maximum absolute atomic E-state index is 12.4. The average Bonchev–Trinajstić information content (AvgIpc) is 2.57. The second-order valence-corrected chi connectivity index (χ2v) is 5.34. The van der Waals surface area contributed by atoms with E-state index in [2.05, 4.69) is 11.9 Å². The van der Waals surface area contributed by atoms with Gasteiger partial charge in [0.1, 0.15) is 0 Å². The van der Waals surface area contributed by atoms with Crippen LogP contribution in [0.1, 0.15) is 16.8 Å². The summed E-state index contributed by atoms with van der Waals surface area (Å²) in [5.74, 6) is -0.0298. The van der Waals surface area contributed by atoms with Crippen LogP contribution in [0.5, 0.6) is 0 Å². The second kappa shape index (κ2) is 5.91. The summed E-state index contributed by atoms with van der Waals surface area (Å²) >= 11 is 12.0. The van der Waals surface area contributed by atoms with Gasteiger partial charge in [0.15, 0.2) is 0 Å². The maximum atomic E-state index is 12.4. The minimum absolute atomic E-state index is 0.0298. The first-order valence-corrected chi connectivity index (χ1v) is 6.77. The van der Waals surface area contributed by atoms with Gasteiger partial charge in [-0.15, -0.1) is 0 Å². The van der Waals surface area contributed by atoms with Crippen molar-refractivity contribution in [3.8, 4) is 0 Å². The second-order valence-electron chi connectivity index (χ2n) is 4.55. The Hall–Kier alpha value is -0.770. The lowest BCUT2D eigenvalue weighted by Gasteiger charge is -2.21. The normalized spacial score (nSPS) is 17.6. The summed E-state index contributed by atoms with van der Waals surface area (Å²) in [5.41, 5.74) is 0.494. The number of halogens is 2. The van der Waals surface area contributed by atoms with Gasteiger partial charge in [-0.2, -0.15) is 0 Å². The molecule has 1 aromatic rings. The monoisotopic (exact) mass is 286 g/mol. The average molecular weight is 287 g/mol. The largest absolute Gasteiger partial charge is 0.337 e. The molecule has 1 heterocycles. The van der Waals surface area contributed by atoms with Crippen LogP contribution in [-0.2, 0) is 0 Å². The fourth-order valence-electron chi connectivity index (χ4n) is 2.09. The van der Waals surface area contributed by atoms with E-state index in [0.717, 1.165) is 32.6 Å². The van der Waals surface area contributed by atoms with E-state index in [4.69, 9.17) is 23.2 Å². The molecule has 1 amide bonds. The van der Waals surface area contributed by atoms with Crippen LogP contribution in [0.3, 0.4) is 0 Å². The van der Waals surface area contributed by atoms with Crippen molar-refractivity contribution in [3.05, 3.63) is 33.8 Å². The molecule has 0 saturated carbocycles. The molecule has 1 aliphatic rings. The highest BCUT2D eigenvalue weighted by Gasteiger charge is 2.21. The number of carbonyl (C=O) groups excluding carboxylic acids is 1. The highest BCUT2D eigenvalue weighted by atomic mass is 35.5. The molecule has 98 valence electrons. The lowest BCUT2D eigenvalue weighted by molar-refractivity contribution is 0.0763. The number of benzene rings is 1. The van der Waals surface area contributed by atoms with Crippen LogP contribution in [0.2, 0.25) is 10.0 Å². The van der Waals surface area contributed by atoms with Gasteiger partial charge in [0.25, 0.3) is 5.91 Å². The zero-order valence-corrected chi connectivity index (χ0v) is 11.8. The lowest BCUT2D eigenvalue weighted by atomic mass is 10.2. The van der Waals surface area contributed by atoms with E-state index in [1.54, 1.807) is 18.2 Å². The van der Waals surface area contributed by atoms with Gasteiger partial charge in [0, 0.05) is 19.6 Å². The van der Waals surface area contributed by atoms with Gasteiger partial charge in [-0.3, -0.25) is 4.79 Å². The SMILES string of the molecule is CN1CCCN(C(=O)c2cccc(Cl)c2Cl)CC1. The summed E-state index contributed by atoms with van der Waals surface area (Å²) in [6.45, 7) is 3.42. The summed E-state index contributed by atoms with van der Waals surface area (Å²) in [7, 11) is 2.07. The fourth-order valence-corrected chi connectivity index (χ4v) is 2.47. The van der Waals surface area contributed by atoms with Crippen molar-refractivity contribution in [3.63, 3.8) is 0 Å². The number of amides is 1. The summed E-state index contributed by atoms with van der Waals surface area (Å²) in [5, 5.41) is 0.774. The van der Waals surface area contributed by atoms with Gasteiger partial charge in [-0.25, -0.2) is 0 Å². The van der Waals surface area contributed by atoms with Crippen molar-refractivity contribution in [1.29, 1.82) is 0 Å². The Morgan fingerprint density at radius 1 is 1.17 bits per heavy atom. The molecule has 1 aromatic carbocycles. The van der Waals surface area contributed by atoms with Crippen molar-refractivity contribution < 1.29 is 4.79 Å². The molecule has 1 fully saturated rings. The number of carbonyl (C=O) groups is 1. The predicted molar refractivity (Wildman–Crippen MR) is 74.5 cm³/mol. The molecule has 0 unspecified atom stereocenters. The molecule has 0 spiro atoms. The molecule has 5 heteroatoms. The molecule has 18 heavy (non-hydrogen) atoms. The van der Waals surface area contributed by atoms with Crippen LogP contribution in [0.15, 0.2) is 18.2 Å². The molecule has 0 aromatic heterocycles. The molecule has 0 radical (unpaired) electrons. The molecular formula is C13H16Cl2N2O. The first-order chi connectivity index (χ1) is 8.59. The molecule has 1 aliphatic heterocycles. The van der Waals surface area contributed by atoms with Gasteiger partial charge in [0.2, 0.25) is 0 Å². The smallest absolute Gasteiger partial charge is 0.255 e. The first kappa shape index (κ1) is 13.7. The van der Waals surface area contributed by atoms with Crippen LogP contribution in [0.25, 0.3) is 0 Å². The molecule has 0 atom stereocenters. The van der Waals surface area contributed by atoms with Gasteiger partial charge in [-0.05, 0) is 32.1 Å². The van der Waals surface area contributed by atoms with Gasteiger partial charge in [0.05, 0.1) is 15.6 Å². The third-order valence-corrected chi connectivity index (χ3v) is 4.01. The van der Waals surface area contributed by atoms with Crippen LogP contribution in [-0.4, -0.2) is 48.9 Å². The van der Waals surface area contributed by atoms with Crippen molar-refractivity contribution in [2.75, 3.05) is 33.2 Å². The lowest BCUT2D eigenvalue weighted by Crippen LogP contribution is -2.34. The van der Waals surface area contributed by atoms with E-state index >= 15 is 0 Å². The van der Waals surface area contributed by atoms with Gasteiger partial charge < -0.3 is 9.80 Å². The van der Waals surface area contributed by atoms with E-state index in [1.807, 2.05) is 4.90 Å². The zero-order valence-electron chi connectivity index (χ0n) is 10.3. The summed E-state index contributed by atoms with van der Waals surface area (Å²) in [6.07, 6.45) is 0.987. The number of rotatable bonds is 1. The molecule has 0 bridgehead atoms. The number of hydrogen-bond acceptors (Lipinski definition) is 2. The van der Waals surface area contributed by atoms with Crippen molar-refractivity contribution in [1.82, 2.24) is 9.80 Å². The van der Waals surface area contributed by atoms with Crippen LogP contribution in [0.4, 0.5) is 0 Å². The Kier molecular flexibility index (Phi) is 4.49. The Morgan fingerprint density at radius 3 is 2.72 bits per heavy atom. The minimum atomic E-state index is -0.0298. The minimum Gasteiger partial charge on any atom is -0.337 e. The van der Waals surface area contributed by atoms with Crippen LogP contribution in [0, 0.1) is 0 Å². The highest BCUT2D eigenvalue weighted by molar-refractivity contribution is 6.43. The first-order valence-electron chi connectivity index (χ1n) is 6.01. The third kappa shape index (κ3) is 2.97. The van der Waals surface area contributed by atoms with Crippen molar-refractivity contribution in [2.45, 2.75) is 6.42 Å². The quantitative estimate of drug-likeness (QED) is 0.793. The Bertz CT molecular complexity index is 451. The molecule has 2 rings (SSSR count). The summed E-state index contributed by atoms with van der Waals surface area (Å²) in [4.78, 5) is 16.5. The number of hydrogen-bond donors (Lipinski definition) is 0. The molecule has 0 aliphatic carbocycles. The Morgan fingerprint density at radius 2 is 1.94 bits per heavy atom. The van der Waals surface area contributed by atoms with E-state index in [1.165, 1.54) is 0 Å². The van der Waals surface area contributed by atoms with Crippen molar-refractivity contribution >= 4 is 29.1 Å². The van der Waals surface area contributed by atoms with E-state index in [-0.39, 0.29) is 5.91 Å². The molecule has 1 saturated heterocycles. The van der Waals surface area contributed by atoms with Crippen LogP contribution >= 0.6 is 23.2 Å². The van der Waals surface area contributed by atoms with E-state index in [0.29, 0.717) is 15.6 Å². The zero-order chi connectivity index (χ0) is 13.1. The van der Waals surface area contributed by atoms with Gasteiger partial charge in [-0.1, -0.05) is 29.3 Å². The number of likely N-dealkylation sites (N-methyl/N-ethyl adjacent to an activating group) is 1. The fraction of sp³-hybridized carbons (Fsp3) is 0.462. The standard InChI is InChI=1S/C13H16Cl2N2O/c1-16-6-3-7-17(9-8-16)13(18)10-4-2-5-11(14)12(10)15/h2,4-5H,3,6-9H2,1H3. The third-order valence-electron chi connectivity index (χ3n) is 3.19. The summed E-state index contributed by atoms with van der Waals surface area (Å²) < 4.78 is 0. The van der Waals surface area contributed by atoms with Gasteiger partial charge >= 0.3 is 0 Å². The highest BCUT2D eigenvalue weighted by Crippen LogP contribution is 2.26.